The molecule has 0 spiro atoms. The van der Waals surface area contributed by atoms with E-state index in [2.05, 4.69) is 18.6 Å². The van der Waals surface area contributed by atoms with Gasteiger partial charge >= 0.3 is 0 Å². The molecule has 0 unspecified atom stereocenters. The van der Waals surface area contributed by atoms with E-state index in [9.17, 15) is 0 Å². The number of rotatable bonds is 5. The normalized spacial score (nSPS) is 9.12. The van der Waals surface area contributed by atoms with Crippen LogP contribution in [0.2, 0.25) is 0 Å². The van der Waals surface area contributed by atoms with Gasteiger partial charge in [-0.15, -0.1) is 6.58 Å². The molecule has 0 aliphatic heterocycles. The zero-order valence-electron chi connectivity index (χ0n) is 5.09. The van der Waals surface area contributed by atoms with Crippen LogP contribution in [-0.2, 0) is 0 Å². The van der Waals surface area contributed by atoms with Crippen molar-refractivity contribution >= 4 is 23.5 Å². The van der Waals surface area contributed by atoms with Crippen LogP contribution in [0.25, 0.3) is 0 Å². The molecule has 0 amide bonds. The maximum Gasteiger partial charge on any atom is 0.0262 e. The lowest BCUT2D eigenvalue weighted by Crippen LogP contribution is -1.75. The quantitative estimate of drug-likeness (QED) is 0.433. The molecule has 0 aromatic rings. The Bertz CT molecular complexity index is 52.5. The van der Waals surface area contributed by atoms with Crippen molar-refractivity contribution in [1.29, 1.82) is 0 Å². The van der Waals surface area contributed by atoms with Gasteiger partial charge in [0.15, 0.2) is 0 Å². The maximum atomic E-state index is 3.62. The highest BCUT2D eigenvalue weighted by Gasteiger charge is 1.82. The van der Waals surface area contributed by atoms with Crippen molar-refractivity contribution < 1.29 is 0 Å². The molecule has 0 saturated carbocycles. The third-order valence-electron chi connectivity index (χ3n) is 0.588. The summed E-state index contributed by atoms with van der Waals surface area (Å²) in [6.45, 7) is 3.62. The van der Waals surface area contributed by atoms with E-state index in [1.807, 2.05) is 17.8 Å². The van der Waals surface area contributed by atoms with E-state index in [0.717, 1.165) is 11.5 Å². The van der Waals surface area contributed by atoms with Gasteiger partial charge in [0.2, 0.25) is 0 Å². The molecule has 0 heterocycles. The Morgan fingerprint density at radius 1 is 1.50 bits per heavy atom. The molecule has 0 N–H and O–H groups in total. The van der Waals surface area contributed by atoms with E-state index in [-0.39, 0.29) is 0 Å². The third-order valence-corrected chi connectivity index (χ3v) is 2.17. The number of hydrogen-bond donors (Lipinski definition) is 0. The molecule has 8 heavy (non-hydrogen) atoms. The first-order valence-corrected chi connectivity index (χ1v) is 4.89. The van der Waals surface area contributed by atoms with Crippen LogP contribution in [0.5, 0.6) is 0 Å². The minimum atomic E-state index is 1.07. The van der Waals surface area contributed by atoms with Gasteiger partial charge in [0.1, 0.15) is 0 Å². The van der Waals surface area contributed by atoms with Gasteiger partial charge in [-0.2, -0.15) is 23.5 Å². The molecule has 47 valence electrons. The van der Waals surface area contributed by atoms with Gasteiger partial charge in [-0.05, 0) is 6.26 Å². The first-order valence-electron chi connectivity index (χ1n) is 2.45. The second-order valence-electron chi connectivity index (χ2n) is 1.23. The summed E-state index contributed by atoms with van der Waals surface area (Å²) in [5.74, 6) is 4.39. The highest BCUT2D eigenvalue weighted by molar-refractivity contribution is 8.04. The average molecular weight is 147 g/mol. The highest BCUT2D eigenvalue weighted by Crippen LogP contribution is 2.07. The van der Waals surface area contributed by atoms with Crippen LogP contribution in [0.4, 0.5) is 0 Å². The standard InChI is InChI=1S/C6H11S2/c1-3-4-8-6-5-7-2/h3,5H,1,4,6H2,2H3. The van der Waals surface area contributed by atoms with E-state index < -0.39 is 0 Å². The molecular weight excluding hydrogens is 136 g/mol. The number of hydrogen-bond acceptors (Lipinski definition) is 2. The summed E-state index contributed by atoms with van der Waals surface area (Å²) in [5.41, 5.74) is 0. The van der Waals surface area contributed by atoms with Crippen molar-refractivity contribution in [2.24, 2.45) is 0 Å². The molecule has 0 nitrogen and oxygen atoms in total. The fourth-order valence-corrected chi connectivity index (χ4v) is 1.50. The van der Waals surface area contributed by atoms with Gasteiger partial charge in [0.05, 0.1) is 0 Å². The smallest absolute Gasteiger partial charge is 0.0262 e. The maximum absolute atomic E-state index is 3.62. The summed E-state index contributed by atoms with van der Waals surface area (Å²) in [4.78, 5) is 0. The predicted molar refractivity (Wildman–Crippen MR) is 45.3 cm³/mol. The van der Waals surface area contributed by atoms with Crippen LogP contribution >= 0.6 is 23.5 Å². The summed E-state index contributed by atoms with van der Waals surface area (Å²) in [6.07, 6.45) is 4.01. The molecule has 0 fully saturated rings. The molecule has 0 rings (SSSR count). The van der Waals surface area contributed by atoms with Gasteiger partial charge in [0.25, 0.3) is 0 Å². The first-order chi connectivity index (χ1) is 3.91. The average Bonchev–Trinajstić information content (AvgIpc) is 1.81. The lowest BCUT2D eigenvalue weighted by Gasteiger charge is -1.91. The predicted octanol–water partition coefficient (Wildman–Crippen LogP) is 2.43. The largest absolute Gasteiger partial charge is 0.160 e. The van der Waals surface area contributed by atoms with Gasteiger partial charge in [-0.1, -0.05) is 6.08 Å². The van der Waals surface area contributed by atoms with Crippen molar-refractivity contribution in [2.75, 3.05) is 17.8 Å². The highest BCUT2D eigenvalue weighted by atomic mass is 32.2. The van der Waals surface area contributed by atoms with Gasteiger partial charge in [0, 0.05) is 17.3 Å². The minimum Gasteiger partial charge on any atom is -0.160 e. The Labute approximate surface area is 60.1 Å². The Morgan fingerprint density at radius 2 is 2.25 bits per heavy atom. The van der Waals surface area contributed by atoms with E-state index in [1.165, 1.54) is 0 Å². The monoisotopic (exact) mass is 147 g/mol. The molecule has 0 aromatic carbocycles. The number of thioether (sulfide) groups is 2. The Balaban J connectivity index is 2.62. The third kappa shape index (κ3) is 6.44. The van der Waals surface area contributed by atoms with Crippen LogP contribution in [-0.4, -0.2) is 17.8 Å². The second-order valence-corrected chi connectivity index (χ2v) is 3.11. The SMILES string of the molecule is C=CCSC[CH]SC. The molecule has 0 aliphatic rings. The van der Waals surface area contributed by atoms with Gasteiger partial charge in [-0.3, -0.25) is 0 Å². The summed E-state index contributed by atoms with van der Waals surface area (Å²) < 4.78 is 0. The van der Waals surface area contributed by atoms with Crippen LogP contribution < -0.4 is 0 Å². The lowest BCUT2D eigenvalue weighted by molar-refractivity contribution is 1.71. The second kappa shape index (κ2) is 7.44. The zero-order chi connectivity index (χ0) is 6.24. The first kappa shape index (κ1) is 8.44. The topological polar surface area (TPSA) is 0 Å². The zero-order valence-corrected chi connectivity index (χ0v) is 6.73. The van der Waals surface area contributed by atoms with Crippen molar-refractivity contribution in [3.05, 3.63) is 18.4 Å². The van der Waals surface area contributed by atoms with E-state index in [1.54, 1.807) is 11.8 Å². The molecular formula is C6H11S2. The van der Waals surface area contributed by atoms with Crippen molar-refractivity contribution in [3.8, 4) is 0 Å². The molecule has 0 atom stereocenters. The molecule has 0 bridgehead atoms. The molecule has 1 radical (unpaired) electrons. The van der Waals surface area contributed by atoms with Gasteiger partial charge < -0.3 is 0 Å². The van der Waals surface area contributed by atoms with Crippen LogP contribution in [0.15, 0.2) is 12.7 Å². The molecule has 0 saturated heterocycles. The Kier molecular flexibility index (Phi) is 7.85. The summed E-state index contributed by atoms with van der Waals surface area (Å²) in [6, 6.07) is 0. The van der Waals surface area contributed by atoms with Crippen LogP contribution in [0.3, 0.4) is 0 Å². The fourth-order valence-electron chi connectivity index (χ4n) is 0.268. The van der Waals surface area contributed by atoms with Gasteiger partial charge in [-0.25, -0.2) is 0 Å². The van der Waals surface area contributed by atoms with Crippen LogP contribution in [0.1, 0.15) is 0 Å². The van der Waals surface area contributed by atoms with Crippen molar-refractivity contribution in [2.45, 2.75) is 0 Å². The Hall–Kier alpha value is 0.440. The van der Waals surface area contributed by atoms with E-state index in [0.29, 0.717) is 0 Å². The van der Waals surface area contributed by atoms with Crippen molar-refractivity contribution in [1.82, 2.24) is 0 Å². The van der Waals surface area contributed by atoms with Crippen molar-refractivity contribution in [3.63, 3.8) is 0 Å². The minimum absolute atomic E-state index is 1.07. The lowest BCUT2D eigenvalue weighted by atomic mass is 10.8. The van der Waals surface area contributed by atoms with E-state index in [4.69, 9.17) is 0 Å². The molecule has 2 heteroatoms. The summed E-state index contributed by atoms with van der Waals surface area (Å²) in [7, 11) is 0. The van der Waals surface area contributed by atoms with E-state index >= 15 is 0 Å². The van der Waals surface area contributed by atoms with Crippen LogP contribution in [0, 0.1) is 5.75 Å². The summed E-state index contributed by atoms with van der Waals surface area (Å²) in [5, 5.41) is 0. The molecule has 0 aliphatic carbocycles. The Morgan fingerprint density at radius 3 is 2.75 bits per heavy atom. The summed E-state index contributed by atoms with van der Waals surface area (Å²) >= 11 is 3.66. The fraction of sp³-hybridized carbons (Fsp3) is 0.500. The molecule has 0 aromatic heterocycles.